The molecule has 0 bridgehead atoms. The molecule has 1 aliphatic rings. The molecule has 30 heavy (non-hydrogen) atoms. The molecule has 2 aromatic carbocycles. The number of benzene rings is 2. The minimum Gasteiger partial charge on any atom is -0.361 e. The van der Waals surface area contributed by atoms with Crippen LogP contribution in [0.5, 0.6) is 0 Å². The zero-order valence-corrected chi connectivity index (χ0v) is 18.4. The van der Waals surface area contributed by atoms with Gasteiger partial charge >= 0.3 is 0 Å². The highest BCUT2D eigenvalue weighted by Gasteiger charge is 2.27. The smallest absolute Gasteiger partial charge is 0.240 e. The molecule has 0 radical (unpaired) electrons. The van der Waals surface area contributed by atoms with Gasteiger partial charge in [0.2, 0.25) is 20.0 Å². The SMILES string of the molecule is Cc1ccc(N2CCCCS2(=O)=O)cc1S(=O)(=O)NCCc1c[nH]c2ccccc12. The summed E-state index contributed by atoms with van der Waals surface area (Å²) in [4.78, 5) is 3.30. The van der Waals surface area contributed by atoms with Crippen molar-refractivity contribution in [2.75, 3.05) is 23.1 Å². The van der Waals surface area contributed by atoms with Gasteiger partial charge in [0.25, 0.3) is 0 Å². The van der Waals surface area contributed by atoms with Crippen molar-refractivity contribution in [3.63, 3.8) is 0 Å². The summed E-state index contributed by atoms with van der Waals surface area (Å²) in [6.45, 7) is 2.33. The van der Waals surface area contributed by atoms with Crippen LogP contribution in [-0.2, 0) is 26.5 Å². The van der Waals surface area contributed by atoms with Crippen LogP contribution < -0.4 is 9.03 Å². The van der Waals surface area contributed by atoms with Crippen LogP contribution in [0.3, 0.4) is 0 Å². The molecule has 160 valence electrons. The summed E-state index contributed by atoms with van der Waals surface area (Å²) >= 11 is 0. The molecule has 2 heterocycles. The van der Waals surface area contributed by atoms with E-state index >= 15 is 0 Å². The molecule has 1 fully saturated rings. The standard InChI is InChI=1S/C21H25N3O4S2/c1-16-8-9-18(24-12-4-5-13-29(24,25)26)14-21(16)30(27,28)23-11-10-17-15-22-20-7-3-2-6-19(17)20/h2-3,6-9,14-15,22-23H,4-5,10-13H2,1H3. The Hall–Kier alpha value is -2.36. The number of aromatic nitrogens is 1. The Morgan fingerprint density at radius 2 is 1.93 bits per heavy atom. The number of nitrogens with zero attached hydrogens (tertiary/aromatic N) is 1. The summed E-state index contributed by atoms with van der Waals surface area (Å²) in [5, 5.41) is 1.07. The van der Waals surface area contributed by atoms with Crippen molar-refractivity contribution in [1.82, 2.24) is 9.71 Å². The Morgan fingerprint density at radius 3 is 2.73 bits per heavy atom. The van der Waals surface area contributed by atoms with E-state index in [4.69, 9.17) is 0 Å². The fraction of sp³-hybridized carbons (Fsp3) is 0.333. The van der Waals surface area contributed by atoms with Crippen molar-refractivity contribution in [1.29, 1.82) is 0 Å². The summed E-state index contributed by atoms with van der Waals surface area (Å²) in [6, 6.07) is 12.7. The van der Waals surface area contributed by atoms with Crippen LogP contribution in [0, 0.1) is 6.92 Å². The lowest BCUT2D eigenvalue weighted by Gasteiger charge is -2.28. The molecule has 0 spiro atoms. The predicted molar refractivity (Wildman–Crippen MR) is 119 cm³/mol. The number of nitrogens with one attached hydrogen (secondary N) is 2. The zero-order valence-electron chi connectivity index (χ0n) is 16.8. The van der Waals surface area contributed by atoms with Gasteiger partial charge in [0.05, 0.1) is 16.3 Å². The van der Waals surface area contributed by atoms with Gasteiger partial charge in [-0.1, -0.05) is 24.3 Å². The number of H-pyrrole nitrogens is 1. The Labute approximate surface area is 177 Å². The van der Waals surface area contributed by atoms with E-state index in [0.717, 1.165) is 22.9 Å². The molecule has 0 atom stereocenters. The number of rotatable bonds is 6. The van der Waals surface area contributed by atoms with E-state index < -0.39 is 20.0 Å². The minimum atomic E-state index is -3.78. The van der Waals surface area contributed by atoms with E-state index in [1.54, 1.807) is 19.1 Å². The number of hydrogen-bond acceptors (Lipinski definition) is 4. The fourth-order valence-electron chi connectivity index (χ4n) is 3.85. The van der Waals surface area contributed by atoms with Gasteiger partial charge in [0.15, 0.2) is 0 Å². The molecule has 2 N–H and O–H groups in total. The van der Waals surface area contributed by atoms with Gasteiger partial charge in [-0.3, -0.25) is 4.31 Å². The van der Waals surface area contributed by atoms with Gasteiger partial charge in [0.1, 0.15) is 0 Å². The highest BCUT2D eigenvalue weighted by molar-refractivity contribution is 7.92. The number of hydrogen-bond donors (Lipinski definition) is 2. The highest BCUT2D eigenvalue weighted by Crippen LogP contribution is 2.28. The topological polar surface area (TPSA) is 99.3 Å². The van der Waals surface area contributed by atoms with Gasteiger partial charge in [-0.25, -0.2) is 21.6 Å². The number of para-hydroxylation sites is 1. The molecular formula is C21H25N3O4S2. The Bertz CT molecular complexity index is 1280. The predicted octanol–water partition coefficient (Wildman–Crippen LogP) is 2.93. The van der Waals surface area contributed by atoms with E-state index in [9.17, 15) is 16.8 Å². The average molecular weight is 448 g/mol. The maximum absolute atomic E-state index is 13.0. The maximum Gasteiger partial charge on any atom is 0.240 e. The number of aryl methyl sites for hydroxylation is 1. The Kier molecular flexibility index (Phi) is 5.61. The first kappa shape index (κ1) is 20.9. The molecule has 0 amide bonds. The molecule has 1 aromatic heterocycles. The lowest BCUT2D eigenvalue weighted by molar-refractivity contribution is 0.573. The number of aromatic amines is 1. The van der Waals surface area contributed by atoms with Gasteiger partial charge < -0.3 is 4.98 Å². The van der Waals surface area contributed by atoms with Gasteiger partial charge in [-0.15, -0.1) is 0 Å². The third kappa shape index (κ3) is 4.10. The van der Waals surface area contributed by atoms with Gasteiger partial charge in [-0.2, -0.15) is 0 Å². The molecule has 0 saturated carbocycles. The second-order valence-corrected chi connectivity index (χ2v) is 11.3. The lowest BCUT2D eigenvalue weighted by atomic mass is 10.1. The summed E-state index contributed by atoms with van der Waals surface area (Å²) in [5.74, 6) is 0.0891. The first-order valence-electron chi connectivity index (χ1n) is 9.94. The van der Waals surface area contributed by atoms with E-state index in [1.807, 2.05) is 30.5 Å². The third-order valence-corrected chi connectivity index (χ3v) is 8.93. The van der Waals surface area contributed by atoms with Crippen molar-refractivity contribution in [2.24, 2.45) is 0 Å². The van der Waals surface area contributed by atoms with Crippen molar-refractivity contribution in [2.45, 2.75) is 31.1 Å². The number of anilines is 1. The van der Waals surface area contributed by atoms with Crippen LogP contribution >= 0.6 is 0 Å². The molecule has 7 nitrogen and oxygen atoms in total. The molecule has 1 saturated heterocycles. The largest absolute Gasteiger partial charge is 0.361 e. The summed E-state index contributed by atoms with van der Waals surface area (Å²) < 4.78 is 54.7. The minimum absolute atomic E-state index is 0.0891. The molecule has 3 aromatic rings. The first-order valence-corrected chi connectivity index (χ1v) is 13.0. The van der Waals surface area contributed by atoms with Crippen LogP contribution in [-0.4, -0.2) is 40.7 Å². The first-order chi connectivity index (χ1) is 14.3. The third-order valence-electron chi connectivity index (χ3n) is 5.46. The fourth-order valence-corrected chi connectivity index (χ4v) is 6.77. The van der Waals surface area contributed by atoms with Crippen LogP contribution in [0.2, 0.25) is 0 Å². The number of sulfonamides is 2. The van der Waals surface area contributed by atoms with Crippen LogP contribution in [0.4, 0.5) is 5.69 Å². The van der Waals surface area contributed by atoms with Crippen molar-refractivity contribution in [3.8, 4) is 0 Å². The van der Waals surface area contributed by atoms with Crippen LogP contribution in [0.25, 0.3) is 10.9 Å². The normalized spacial score (nSPS) is 16.8. The molecule has 1 aliphatic heterocycles. The highest BCUT2D eigenvalue weighted by atomic mass is 32.2. The lowest BCUT2D eigenvalue weighted by Crippen LogP contribution is -2.38. The number of fused-ring (bicyclic) bond motifs is 1. The monoisotopic (exact) mass is 447 g/mol. The summed E-state index contributed by atoms with van der Waals surface area (Å²) in [7, 11) is -7.18. The van der Waals surface area contributed by atoms with Crippen molar-refractivity contribution in [3.05, 3.63) is 59.8 Å². The average Bonchev–Trinajstić information content (AvgIpc) is 3.11. The van der Waals surface area contributed by atoms with Crippen molar-refractivity contribution >= 4 is 36.6 Å². The maximum atomic E-state index is 13.0. The van der Waals surface area contributed by atoms with Crippen LogP contribution in [0.1, 0.15) is 24.0 Å². The second-order valence-electron chi connectivity index (χ2n) is 7.55. The molecular weight excluding hydrogens is 422 g/mol. The van der Waals surface area contributed by atoms with E-state index in [2.05, 4.69) is 9.71 Å². The van der Waals surface area contributed by atoms with Gasteiger partial charge in [0, 0.05) is 30.2 Å². The second kappa shape index (κ2) is 8.05. The van der Waals surface area contributed by atoms with E-state index in [-0.39, 0.29) is 17.2 Å². The molecule has 9 heteroatoms. The van der Waals surface area contributed by atoms with E-state index in [1.165, 1.54) is 10.4 Å². The van der Waals surface area contributed by atoms with Gasteiger partial charge in [-0.05, 0) is 55.5 Å². The summed E-state index contributed by atoms with van der Waals surface area (Å²) in [6.07, 6.45) is 3.83. The zero-order chi connectivity index (χ0) is 21.4. The molecule has 0 aliphatic carbocycles. The Morgan fingerprint density at radius 1 is 1.13 bits per heavy atom. The molecule has 4 rings (SSSR count). The summed E-state index contributed by atoms with van der Waals surface area (Å²) in [5.41, 5.74) is 3.03. The molecule has 0 unspecified atom stereocenters. The van der Waals surface area contributed by atoms with Crippen LogP contribution in [0.15, 0.2) is 53.6 Å². The Balaban J connectivity index is 1.53. The quantitative estimate of drug-likeness (QED) is 0.607. The van der Waals surface area contributed by atoms with E-state index in [0.29, 0.717) is 30.6 Å². The van der Waals surface area contributed by atoms with Crippen molar-refractivity contribution < 1.29 is 16.8 Å².